The molecule has 18 heavy (non-hydrogen) atoms. The average Bonchev–Trinajstić information content (AvgIpc) is 2.44. The van der Waals surface area contributed by atoms with Gasteiger partial charge >= 0.3 is 0 Å². The number of nitrogen functional groups attached to an aromatic ring is 1. The van der Waals surface area contributed by atoms with E-state index in [9.17, 15) is 0 Å². The number of hydrogen-bond acceptors (Lipinski definition) is 2. The van der Waals surface area contributed by atoms with E-state index in [1.54, 1.807) is 0 Å². The lowest BCUT2D eigenvalue weighted by molar-refractivity contribution is 0.107. The Morgan fingerprint density at radius 1 is 0.778 bits per heavy atom. The van der Waals surface area contributed by atoms with Crippen LogP contribution in [0.25, 0.3) is 0 Å². The van der Waals surface area contributed by atoms with Crippen LogP contribution >= 0.6 is 0 Å². The van der Waals surface area contributed by atoms with Gasteiger partial charge in [-0.2, -0.15) is 0 Å². The van der Waals surface area contributed by atoms with Crippen LogP contribution in [0.15, 0.2) is 54.6 Å². The molecule has 0 aliphatic heterocycles. The normalized spacial score (nSPS) is 9.44. The van der Waals surface area contributed by atoms with E-state index >= 15 is 0 Å². The lowest BCUT2D eigenvalue weighted by Gasteiger charge is -2.04. The average molecular weight is 243 g/mol. The quantitative estimate of drug-likeness (QED) is 0.823. The van der Waals surface area contributed by atoms with Crippen molar-refractivity contribution in [1.82, 2.24) is 0 Å². The van der Waals surface area contributed by atoms with E-state index in [0.29, 0.717) is 13.2 Å². The minimum Gasteiger partial charge on any atom is -0.399 e. The van der Waals surface area contributed by atoms with E-state index < -0.39 is 0 Å². The maximum absolute atomic E-state index is 5.61. The van der Waals surface area contributed by atoms with Gasteiger partial charge in [0.05, 0.1) is 13.2 Å². The molecule has 2 aromatic carbocycles. The summed E-state index contributed by atoms with van der Waals surface area (Å²) in [6, 6.07) is 17.9. The van der Waals surface area contributed by atoms with Crippen molar-refractivity contribution in [3.63, 3.8) is 0 Å². The fraction of sp³-hybridized carbons (Fsp3) is 0.250. The predicted octanol–water partition coefficient (Wildman–Crippen LogP) is 4.01. The summed E-state index contributed by atoms with van der Waals surface area (Å²) >= 11 is 0. The molecule has 0 unspecified atom stereocenters. The third-order valence-corrected chi connectivity index (χ3v) is 2.36. The smallest absolute Gasteiger partial charge is 0.0721 e. The van der Waals surface area contributed by atoms with E-state index in [0.717, 1.165) is 11.3 Å². The maximum Gasteiger partial charge on any atom is 0.0721 e. The molecule has 96 valence electrons. The maximum atomic E-state index is 5.61. The standard InChI is InChI=1S/C14H15NO.C2H6/c15-14-8-6-13(7-9-14)11-16-10-12-4-2-1-3-5-12;1-2/h1-9H,10-11,15H2;1-2H3. The lowest BCUT2D eigenvalue weighted by atomic mass is 10.2. The molecule has 0 amide bonds. The zero-order valence-corrected chi connectivity index (χ0v) is 11.1. The van der Waals surface area contributed by atoms with Crippen LogP contribution in [0.4, 0.5) is 5.69 Å². The van der Waals surface area contributed by atoms with Crippen LogP contribution in [0, 0.1) is 0 Å². The van der Waals surface area contributed by atoms with Gasteiger partial charge in [-0.25, -0.2) is 0 Å². The molecule has 0 heterocycles. The summed E-state index contributed by atoms with van der Waals surface area (Å²) < 4.78 is 5.60. The van der Waals surface area contributed by atoms with Gasteiger partial charge in [0.15, 0.2) is 0 Å². The van der Waals surface area contributed by atoms with Crippen molar-refractivity contribution in [2.75, 3.05) is 5.73 Å². The summed E-state index contributed by atoms with van der Waals surface area (Å²) in [6.45, 7) is 5.26. The molecule has 2 nitrogen and oxygen atoms in total. The highest BCUT2D eigenvalue weighted by atomic mass is 16.5. The monoisotopic (exact) mass is 243 g/mol. The summed E-state index contributed by atoms with van der Waals surface area (Å²) in [5.74, 6) is 0. The summed E-state index contributed by atoms with van der Waals surface area (Å²) in [6.07, 6.45) is 0. The van der Waals surface area contributed by atoms with Crippen LogP contribution in [-0.4, -0.2) is 0 Å². The van der Waals surface area contributed by atoms with E-state index in [-0.39, 0.29) is 0 Å². The van der Waals surface area contributed by atoms with E-state index in [1.807, 2.05) is 56.3 Å². The van der Waals surface area contributed by atoms with Gasteiger partial charge in [-0.1, -0.05) is 56.3 Å². The Labute approximate surface area is 109 Å². The van der Waals surface area contributed by atoms with Gasteiger partial charge in [-0.3, -0.25) is 0 Å². The summed E-state index contributed by atoms with van der Waals surface area (Å²) in [5.41, 5.74) is 8.73. The molecular weight excluding hydrogens is 222 g/mol. The minimum atomic E-state index is 0.620. The molecule has 0 spiro atoms. The Bertz CT molecular complexity index is 423. The first-order valence-corrected chi connectivity index (χ1v) is 6.31. The van der Waals surface area contributed by atoms with Gasteiger partial charge in [0.1, 0.15) is 0 Å². The summed E-state index contributed by atoms with van der Waals surface area (Å²) in [4.78, 5) is 0. The highest BCUT2D eigenvalue weighted by Crippen LogP contribution is 2.08. The number of benzene rings is 2. The van der Waals surface area contributed by atoms with Crippen molar-refractivity contribution < 1.29 is 4.74 Å². The zero-order valence-electron chi connectivity index (χ0n) is 11.1. The molecule has 0 aliphatic rings. The highest BCUT2D eigenvalue weighted by Gasteiger charge is 1.94. The van der Waals surface area contributed by atoms with E-state index in [4.69, 9.17) is 10.5 Å². The number of ether oxygens (including phenoxy) is 1. The summed E-state index contributed by atoms with van der Waals surface area (Å²) in [7, 11) is 0. The molecule has 2 aromatic rings. The second-order valence-corrected chi connectivity index (χ2v) is 3.72. The first-order valence-electron chi connectivity index (χ1n) is 6.31. The van der Waals surface area contributed by atoms with Gasteiger partial charge in [0, 0.05) is 5.69 Å². The van der Waals surface area contributed by atoms with Crippen molar-refractivity contribution in [2.45, 2.75) is 27.1 Å². The lowest BCUT2D eigenvalue weighted by Crippen LogP contribution is -1.94. The molecule has 2 rings (SSSR count). The van der Waals surface area contributed by atoms with Crippen molar-refractivity contribution in [1.29, 1.82) is 0 Å². The first-order chi connectivity index (χ1) is 8.84. The second-order valence-electron chi connectivity index (χ2n) is 3.72. The Morgan fingerprint density at radius 2 is 1.28 bits per heavy atom. The van der Waals surface area contributed by atoms with Crippen LogP contribution in [0.1, 0.15) is 25.0 Å². The first kappa shape index (κ1) is 14.3. The Balaban J connectivity index is 0.000000771. The fourth-order valence-electron chi connectivity index (χ4n) is 1.47. The van der Waals surface area contributed by atoms with Gasteiger partial charge in [-0.05, 0) is 23.3 Å². The van der Waals surface area contributed by atoms with Crippen molar-refractivity contribution in [2.24, 2.45) is 0 Å². The Morgan fingerprint density at radius 3 is 1.83 bits per heavy atom. The molecular formula is C16H21NO. The highest BCUT2D eigenvalue weighted by molar-refractivity contribution is 5.39. The Kier molecular flexibility index (Phi) is 6.59. The molecule has 2 N–H and O–H groups in total. The molecule has 0 saturated heterocycles. The Hall–Kier alpha value is -1.80. The second kappa shape index (κ2) is 8.31. The number of hydrogen-bond donors (Lipinski definition) is 1. The largest absolute Gasteiger partial charge is 0.399 e. The van der Waals surface area contributed by atoms with Gasteiger partial charge in [0.2, 0.25) is 0 Å². The van der Waals surface area contributed by atoms with Crippen LogP contribution in [0.3, 0.4) is 0 Å². The van der Waals surface area contributed by atoms with Crippen molar-refractivity contribution >= 4 is 5.69 Å². The van der Waals surface area contributed by atoms with E-state index in [2.05, 4.69) is 12.1 Å². The molecule has 0 radical (unpaired) electrons. The van der Waals surface area contributed by atoms with Gasteiger partial charge in [0.25, 0.3) is 0 Å². The molecule has 0 bridgehead atoms. The summed E-state index contributed by atoms with van der Waals surface area (Å²) in [5, 5.41) is 0. The number of anilines is 1. The van der Waals surface area contributed by atoms with Crippen LogP contribution in [-0.2, 0) is 18.0 Å². The number of rotatable bonds is 4. The molecule has 0 fully saturated rings. The van der Waals surface area contributed by atoms with Crippen LogP contribution in [0.2, 0.25) is 0 Å². The van der Waals surface area contributed by atoms with Crippen molar-refractivity contribution in [3.05, 3.63) is 65.7 Å². The third-order valence-electron chi connectivity index (χ3n) is 2.36. The van der Waals surface area contributed by atoms with E-state index in [1.165, 1.54) is 5.56 Å². The van der Waals surface area contributed by atoms with Crippen LogP contribution in [0.5, 0.6) is 0 Å². The van der Waals surface area contributed by atoms with Gasteiger partial charge < -0.3 is 10.5 Å². The van der Waals surface area contributed by atoms with Crippen LogP contribution < -0.4 is 5.73 Å². The molecule has 2 heteroatoms. The fourth-order valence-corrected chi connectivity index (χ4v) is 1.47. The molecule has 0 atom stereocenters. The molecule has 0 saturated carbocycles. The molecule has 0 aromatic heterocycles. The minimum absolute atomic E-state index is 0.620. The zero-order chi connectivity index (χ0) is 13.2. The van der Waals surface area contributed by atoms with Gasteiger partial charge in [-0.15, -0.1) is 0 Å². The topological polar surface area (TPSA) is 35.2 Å². The van der Waals surface area contributed by atoms with Crippen molar-refractivity contribution in [3.8, 4) is 0 Å². The number of nitrogens with two attached hydrogens (primary N) is 1. The third kappa shape index (κ3) is 5.02. The SMILES string of the molecule is CC.Nc1ccc(COCc2ccccc2)cc1. The molecule has 0 aliphatic carbocycles. The predicted molar refractivity (Wildman–Crippen MR) is 77.1 cm³/mol.